The van der Waals surface area contributed by atoms with Crippen LogP contribution in [0.15, 0.2) is 145 Å². The first-order valence-corrected chi connectivity index (χ1v) is 28.4. The Morgan fingerprint density at radius 2 is 1.44 bits per heavy atom. The summed E-state index contributed by atoms with van der Waals surface area (Å²) >= 11 is 0. The maximum absolute atomic E-state index is 15.3. The van der Waals surface area contributed by atoms with Crippen molar-refractivity contribution in [3.63, 3.8) is 0 Å². The van der Waals surface area contributed by atoms with E-state index in [-0.39, 0.29) is 50.5 Å². The molecule has 3 aliphatic rings. The molecule has 5 aromatic rings. The van der Waals surface area contributed by atoms with E-state index in [9.17, 15) is 10.2 Å². The largest absolute Gasteiger partial charge is 0.459 e. The van der Waals surface area contributed by atoms with Crippen LogP contribution < -0.4 is 9.47 Å². The highest BCUT2D eigenvalue weighted by atomic mass is 16.7. The van der Waals surface area contributed by atoms with Gasteiger partial charge in [-0.05, 0) is 114 Å². The van der Waals surface area contributed by atoms with E-state index in [2.05, 4.69) is 74.2 Å². The predicted octanol–water partition coefficient (Wildman–Crippen LogP) is 15.5. The van der Waals surface area contributed by atoms with Crippen molar-refractivity contribution in [2.24, 2.45) is 22.9 Å². The molecule has 0 saturated heterocycles. The molecule has 1 aliphatic heterocycles. The summed E-state index contributed by atoms with van der Waals surface area (Å²) in [6.45, 7) is 9.60. The number of nitrogens with zero attached hydrogens (tertiary/aromatic N) is 2. The number of unbranched alkanes of at least 4 members (excludes halogenated alkanes) is 11. The van der Waals surface area contributed by atoms with Gasteiger partial charge in [-0.1, -0.05) is 180 Å². The van der Waals surface area contributed by atoms with Crippen molar-refractivity contribution in [2.75, 3.05) is 33.0 Å². The Morgan fingerprint density at radius 1 is 0.760 bits per heavy atom. The number of fused-ring (bicyclic) bond motifs is 3. The number of aliphatic hydroxyl groups excluding tert-OH is 2. The smallest absolute Gasteiger partial charge is 0.410 e. The van der Waals surface area contributed by atoms with E-state index in [4.69, 9.17) is 28.9 Å². The summed E-state index contributed by atoms with van der Waals surface area (Å²) in [5, 5.41) is 27.3. The number of aliphatic hydroxyl groups is 2. The van der Waals surface area contributed by atoms with Crippen LogP contribution in [-0.4, -0.2) is 71.8 Å². The van der Waals surface area contributed by atoms with Crippen LogP contribution in [0.2, 0.25) is 0 Å². The molecule has 8 rings (SSSR count). The molecule has 5 aromatic carbocycles. The molecule has 0 spiro atoms. The summed E-state index contributed by atoms with van der Waals surface area (Å²) in [7, 11) is 0. The molecular weight excluding hydrogens is 937 g/mol. The van der Waals surface area contributed by atoms with E-state index < -0.39 is 23.8 Å². The van der Waals surface area contributed by atoms with Gasteiger partial charge in [-0.15, -0.1) is 6.58 Å². The molecule has 1 heterocycles. The predicted molar refractivity (Wildman–Crippen MR) is 301 cm³/mol. The van der Waals surface area contributed by atoms with Gasteiger partial charge in [0, 0.05) is 31.1 Å². The van der Waals surface area contributed by atoms with Crippen LogP contribution in [-0.2, 0) is 20.9 Å². The lowest BCUT2D eigenvalue weighted by molar-refractivity contribution is -0.256. The summed E-state index contributed by atoms with van der Waals surface area (Å²) in [4.78, 5) is 23.2. The number of benzene rings is 5. The first kappa shape index (κ1) is 55.3. The highest BCUT2D eigenvalue weighted by molar-refractivity contribution is 6.03. The fourth-order valence-electron chi connectivity index (χ4n) is 12.1. The zero-order valence-corrected chi connectivity index (χ0v) is 44.7. The van der Waals surface area contributed by atoms with Crippen LogP contribution in [0.4, 0.5) is 4.79 Å². The van der Waals surface area contributed by atoms with Gasteiger partial charge in [0.25, 0.3) is 0 Å². The molecule has 6 unspecified atom stereocenters. The van der Waals surface area contributed by atoms with E-state index in [0.717, 1.165) is 89.3 Å². The number of carbonyl (C=O) groups excluding carboxylic acids is 1. The zero-order chi connectivity index (χ0) is 52.2. The molecule has 0 bridgehead atoms. The lowest BCUT2D eigenvalue weighted by atomic mass is 9.55. The van der Waals surface area contributed by atoms with Gasteiger partial charge >= 0.3 is 6.09 Å². The molecule has 1 amide bonds. The van der Waals surface area contributed by atoms with Gasteiger partial charge in [0.2, 0.25) is 5.79 Å². The van der Waals surface area contributed by atoms with E-state index in [1.54, 1.807) is 6.08 Å². The Kier molecular flexibility index (Phi) is 20.8. The molecule has 400 valence electrons. The zero-order valence-electron chi connectivity index (χ0n) is 44.7. The maximum atomic E-state index is 15.3. The average Bonchev–Trinajstić information content (AvgIpc) is 3.48. The van der Waals surface area contributed by atoms with Crippen molar-refractivity contribution in [3.8, 4) is 28.4 Å². The standard InChI is InChI=1S/C65H82N2O8/c1-4-7-8-9-10-11-12-13-14-24-43-71-64(70)67(47-52-31-25-30-50-28-18-19-32-55(50)52)61-46-59(66-73-6-3)57-44-51(29-20-22-40-68)56(33-21-23-41-69)62-58-45-54(38-39-60(58)75-65(61,63(57)62)72-42-5-2)74-53-36-34-49(35-37-53)48-26-16-15-17-27-48/h5,15-19,25-28,30-32,34-39,44-45,51,56,61-63,68-69H,2,4,6-14,20-24,29,33,40-43,46-47H2,1,3H3. The SMILES string of the molecule is C=CCOC12Oc3ccc(Oc4ccc(-c5ccccc5)cc4)cc3C3C(CCCCO)C(CCCCO)C=C(C(=NOCC)CC1N(Cc1cccc4ccccc14)C(=O)OCCCCCCCCCCCC)C32. The molecule has 75 heavy (non-hydrogen) atoms. The van der Waals surface area contributed by atoms with E-state index in [1.807, 2.05) is 72.5 Å². The van der Waals surface area contributed by atoms with Crippen molar-refractivity contribution in [1.29, 1.82) is 0 Å². The molecule has 0 aromatic heterocycles. The van der Waals surface area contributed by atoms with Gasteiger partial charge < -0.3 is 34.0 Å². The average molecular weight is 1020 g/mol. The van der Waals surface area contributed by atoms with Crippen molar-refractivity contribution < 1.29 is 38.8 Å². The lowest BCUT2D eigenvalue weighted by Gasteiger charge is -2.59. The number of hydrogen-bond acceptors (Lipinski definition) is 9. The number of rotatable bonds is 30. The minimum atomic E-state index is -1.44. The highest BCUT2D eigenvalue weighted by Gasteiger charge is 2.65. The summed E-state index contributed by atoms with van der Waals surface area (Å²) < 4.78 is 28.0. The second-order valence-corrected chi connectivity index (χ2v) is 20.7. The van der Waals surface area contributed by atoms with Crippen LogP contribution in [0.3, 0.4) is 0 Å². The van der Waals surface area contributed by atoms with Gasteiger partial charge in [-0.3, -0.25) is 4.90 Å². The third kappa shape index (κ3) is 13.7. The molecule has 6 atom stereocenters. The maximum Gasteiger partial charge on any atom is 0.410 e. The first-order valence-electron chi connectivity index (χ1n) is 28.4. The van der Waals surface area contributed by atoms with Gasteiger partial charge in [0.15, 0.2) is 0 Å². The summed E-state index contributed by atoms with van der Waals surface area (Å²) in [6.07, 6.45) is 20.4. The summed E-state index contributed by atoms with van der Waals surface area (Å²) in [6, 6.07) is 38.4. The van der Waals surface area contributed by atoms with Crippen molar-refractivity contribution >= 4 is 22.6 Å². The lowest BCUT2D eigenvalue weighted by Crippen LogP contribution is -2.70. The summed E-state index contributed by atoms with van der Waals surface area (Å²) in [5.41, 5.74) is 5.94. The Morgan fingerprint density at radius 3 is 2.17 bits per heavy atom. The van der Waals surface area contributed by atoms with Crippen molar-refractivity contribution in [1.82, 2.24) is 4.90 Å². The highest BCUT2D eigenvalue weighted by Crippen LogP contribution is 2.62. The Bertz CT molecular complexity index is 2630. The molecule has 10 heteroatoms. The summed E-state index contributed by atoms with van der Waals surface area (Å²) in [5.74, 6) is 0.0726. The van der Waals surface area contributed by atoms with Crippen LogP contribution in [0, 0.1) is 17.8 Å². The van der Waals surface area contributed by atoms with Crippen LogP contribution in [0.5, 0.6) is 17.2 Å². The van der Waals surface area contributed by atoms with Crippen molar-refractivity contribution in [3.05, 3.63) is 151 Å². The fraction of sp³-hybridized carbons (Fsp3) is 0.477. The molecule has 1 fully saturated rings. The van der Waals surface area contributed by atoms with Crippen LogP contribution >= 0.6 is 0 Å². The van der Waals surface area contributed by atoms with Crippen LogP contribution in [0.25, 0.3) is 21.9 Å². The monoisotopic (exact) mass is 1020 g/mol. The minimum absolute atomic E-state index is 0.0562. The van der Waals surface area contributed by atoms with E-state index in [1.165, 1.54) is 44.9 Å². The molecular formula is C65H82N2O8. The second kappa shape index (κ2) is 28.3. The van der Waals surface area contributed by atoms with Gasteiger partial charge in [-0.2, -0.15) is 0 Å². The number of hydrogen-bond donors (Lipinski definition) is 2. The number of amides is 1. The van der Waals surface area contributed by atoms with Crippen molar-refractivity contribution in [2.45, 2.75) is 147 Å². The molecule has 2 N–H and O–H groups in total. The fourth-order valence-corrected chi connectivity index (χ4v) is 12.1. The quantitative estimate of drug-likeness (QED) is 0.0265. The van der Waals surface area contributed by atoms with Crippen LogP contribution in [0.1, 0.15) is 140 Å². The van der Waals surface area contributed by atoms with Gasteiger partial charge in [-0.25, -0.2) is 4.79 Å². The third-order valence-corrected chi connectivity index (χ3v) is 15.7. The normalized spacial score (nSPS) is 21.1. The first-order chi connectivity index (χ1) is 36.9. The minimum Gasteiger partial charge on any atom is -0.459 e. The molecule has 1 saturated carbocycles. The third-order valence-electron chi connectivity index (χ3n) is 15.7. The topological polar surface area (TPSA) is 119 Å². The van der Waals surface area contributed by atoms with E-state index in [0.29, 0.717) is 43.3 Å². The molecule has 2 aliphatic carbocycles. The number of carbonyl (C=O) groups is 1. The number of allylic oxidation sites excluding steroid dienone is 1. The number of oxime groups is 1. The Balaban J connectivity index is 1.22. The number of ether oxygens (including phenoxy) is 4. The van der Waals surface area contributed by atoms with E-state index >= 15 is 4.79 Å². The Hall–Kier alpha value is -5.94. The second-order valence-electron chi connectivity index (χ2n) is 20.7. The van der Waals surface area contributed by atoms with Gasteiger partial charge in [0.05, 0.1) is 31.4 Å². The van der Waals surface area contributed by atoms with Gasteiger partial charge in [0.1, 0.15) is 29.9 Å². The molecule has 0 radical (unpaired) electrons. The Labute approximate surface area is 446 Å². The molecule has 10 nitrogen and oxygen atoms in total.